The summed E-state index contributed by atoms with van der Waals surface area (Å²) in [6.07, 6.45) is 0.498. The van der Waals surface area contributed by atoms with Gasteiger partial charge in [0, 0.05) is 6.54 Å². The summed E-state index contributed by atoms with van der Waals surface area (Å²) in [4.78, 5) is 25.5. The predicted octanol–water partition coefficient (Wildman–Crippen LogP) is 1.47. The van der Waals surface area contributed by atoms with Gasteiger partial charge in [-0.25, -0.2) is 0 Å². The van der Waals surface area contributed by atoms with E-state index in [2.05, 4.69) is 0 Å². The number of carbonyl (C=O) groups is 2. The SMILES string of the molecule is C[C@H](c1ccccc1)N1CCC(C)(C(N)=O)C1=O. The summed E-state index contributed by atoms with van der Waals surface area (Å²) in [6.45, 7) is 4.18. The van der Waals surface area contributed by atoms with Gasteiger partial charge < -0.3 is 10.6 Å². The van der Waals surface area contributed by atoms with Gasteiger partial charge in [0.1, 0.15) is 5.41 Å². The number of likely N-dealkylation sites (tertiary alicyclic amines) is 1. The van der Waals surface area contributed by atoms with Crippen LogP contribution in [0.2, 0.25) is 0 Å². The highest BCUT2D eigenvalue weighted by molar-refractivity contribution is 6.05. The molecule has 1 fully saturated rings. The van der Waals surface area contributed by atoms with E-state index in [9.17, 15) is 9.59 Å². The van der Waals surface area contributed by atoms with E-state index in [1.54, 1.807) is 11.8 Å². The first-order valence-corrected chi connectivity index (χ1v) is 6.13. The third kappa shape index (κ3) is 1.88. The van der Waals surface area contributed by atoms with Crippen LogP contribution in [0.3, 0.4) is 0 Å². The first kappa shape index (κ1) is 12.6. The van der Waals surface area contributed by atoms with Crippen molar-refractivity contribution in [1.29, 1.82) is 0 Å². The summed E-state index contributed by atoms with van der Waals surface area (Å²) < 4.78 is 0. The molecule has 1 saturated heterocycles. The number of nitrogens with two attached hydrogens (primary N) is 1. The van der Waals surface area contributed by atoms with Gasteiger partial charge in [0.05, 0.1) is 6.04 Å². The summed E-state index contributed by atoms with van der Waals surface area (Å²) in [6, 6.07) is 9.77. The van der Waals surface area contributed by atoms with Crippen molar-refractivity contribution in [2.45, 2.75) is 26.3 Å². The molecule has 1 aromatic rings. The van der Waals surface area contributed by atoms with Gasteiger partial charge in [-0.3, -0.25) is 9.59 Å². The summed E-state index contributed by atoms with van der Waals surface area (Å²) in [5.74, 6) is -0.693. The Bertz CT molecular complexity index is 472. The van der Waals surface area contributed by atoms with Gasteiger partial charge in [-0.15, -0.1) is 0 Å². The lowest BCUT2D eigenvalue weighted by atomic mass is 9.88. The molecule has 2 rings (SSSR count). The molecule has 0 bridgehead atoms. The van der Waals surface area contributed by atoms with Crippen LogP contribution in [-0.4, -0.2) is 23.3 Å². The monoisotopic (exact) mass is 246 g/mol. The Kier molecular flexibility index (Phi) is 3.11. The lowest BCUT2D eigenvalue weighted by Gasteiger charge is -2.26. The average molecular weight is 246 g/mol. The third-order valence-electron chi connectivity index (χ3n) is 3.88. The molecule has 1 aliphatic rings. The van der Waals surface area contributed by atoms with E-state index < -0.39 is 11.3 Å². The Morgan fingerprint density at radius 3 is 2.50 bits per heavy atom. The van der Waals surface area contributed by atoms with Crippen LogP contribution >= 0.6 is 0 Å². The maximum atomic E-state index is 12.3. The second-order valence-electron chi connectivity index (χ2n) is 5.03. The molecule has 18 heavy (non-hydrogen) atoms. The molecule has 0 aliphatic carbocycles. The standard InChI is InChI=1S/C14H18N2O2/c1-10(11-6-4-3-5-7-11)16-9-8-14(2,12(15)17)13(16)18/h3-7,10H,8-9H2,1-2H3,(H2,15,17)/t10-,14?/m1/s1. The molecule has 1 aliphatic heterocycles. The fraction of sp³-hybridized carbons (Fsp3) is 0.429. The van der Waals surface area contributed by atoms with Crippen LogP contribution in [0.1, 0.15) is 31.9 Å². The molecule has 0 radical (unpaired) electrons. The Labute approximate surface area is 107 Å². The van der Waals surface area contributed by atoms with Gasteiger partial charge in [-0.05, 0) is 25.8 Å². The van der Waals surface area contributed by atoms with Gasteiger partial charge >= 0.3 is 0 Å². The van der Waals surface area contributed by atoms with Gasteiger partial charge in [0.15, 0.2) is 0 Å². The summed E-state index contributed by atoms with van der Waals surface area (Å²) >= 11 is 0. The van der Waals surface area contributed by atoms with E-state index >= 15 is 0 Å². The molecule has 2 atom stereocenters. The maximum absolute atomic E-state index is 12.3. The van der Waals surface area contributed by atoms with Crippen LogP contribution in [0.15, 0.2) is 30.3 Å². The van der Waals surface area contributed by atoms with E-state index in [4.69, 9.17) is 5.73 Å². The van der Waals surface area contributed by atoms with Crippen molar-refractivity contribution in [3.8, 4) is 0 Å². The zero-order chi connectivity index (χ0) is 13.3. The molecule has 0 spiro atoms. The van der Waals surface area contributed by atoms with E-state index in [1.807, 2.05) is 37.3 Å². The topological polar surface area (TPSA) is 63.4 Å². The van der Waals surface area contributed by atoms with Crippen LogP contribution in [0.25, 0.3) is 0 Å². The molecular formula is C14H18N2O2. The van der Waals surface area contributed by atoms with E-state index in [0.717, 1.165) is 5.56 Å². The van der Waals surface area contributed by atoms with Gasteiger partial charge in [-0.1, -0.05) is 30.3 Å². The molecule has 96 valence electrons. The molecule has 0 aromatic heterocycles. The number of benzene rings is 1. The molecule has 2 N–H and O–H groups in total. The first-order valence-electron chi connectivity index (χ1n) is 6.13. The van der Waals surface area contributed by atoms with Crippen molar-refractivity contribution in [2.24, 2.45) is 11.1 Å². The Balaban J connectivity index is 2.22. The van der Waals surface area contributed by atoms with Crippen molar-refractivity contribution in [3.63, 3.8) is 0 Å². The Morgan fingerprint density at radius 2 is 2.00 bits per heavy atom. The van der Waals surface area contributed by atoms with Crippen LogP contribution in [0.5, 0.6) is 0 Å². The van der Waals surface area contributed by atoms with Crippen molar-refractivity contribution >= 4 is 11.8 Å². The number of rotatable bonds is 3. The first-order chi connectivity index (χ1) is 8.47. The number of amides is 2. The Hall–Kier alpha value is -1.84. The fourth-order valence-corrected chi connectivity index (χ4v) is 2.38. The second kappa shape index (κ2) is 4.44. The second-order valence-corrected chi connectivity index (χ2v) is 5.03. The highest BCUT2D eigenvalue weighted by Gasteiger charge is 2.48. The lowest BCUT2D eigenvalue weighted by molar-refractivity contribution is -0.143. The van der Waals surface area contributed by atoms with Crippen LogP contribution in [-0.2, 0) is 9.59 Å². The highest BCUT2D eigenvalue weighted by atomic mass is 16.2. The summed E-state index contributed by atoms with van der Waals surface area (Å²) in [5, 5.41) is 0. The fourth-order valence-electron chi connectivity index (χ4n) is 2.38. The smallest absolute Gasteiger partial charge is 0.238 e. The number of nitrogens with zero attached hydrogens (tertiary/aromatic N) is 1. The van der Waals surface area contributed by atoms with Crippen molar-refractivity contribution < 1.29 is 9.59 Å². The molecular weight excluding hydrogens is 228 g/mol. The minimum Gasteiger partial charge on any atom is -0.369 e. The van der Waals surface area contributed by atoms with Crippen LogP contribution < -0.4 is 5.73 Å². The van der Waals surface area contributed by atoms with Crippen molar-refractivity contribution in [3.05, 3.63) is 35.9 Å². The van der Waals surface area contributed by atoms with E-state index in [0.29, 0.717) is 13.0 Å². The zero-order valence-electron chi connectivity index (χ0n) is 10.7. The molecule has 1 aromatic carbocycles. The zero-order valence-corrected chi connectivity index (χ0v) is 10.7. The third-order valence-corrected chi connectivity index (χ3v) is 3.88. The average Bonchev–Trinajstić information content (AvgIpc) is 2.68. The van der Waals surface area contributed by atoms with Gasteiger partial charge in [0.2, 0.25) is 11.8 Å². The number of hydrogen-bond donors (Lipinski definition) is 1. The minimum absolute atomic E-state index is 0.0279. The number of primary amides is 1. The molecule has 0 saturated carbocycles. The largest absolute Gasteiger partial charge is 0.369 e. The quantitative estimate of drug-likeness (QED) is 0.821. The minimum atomic E-state index is -1.04. The molecule has 4 heteroatoms. The van der Waals surface area contributed by atoms with E-state index in [1.165, 1.54) is 0 Å². The number of hydrogen-bond acceptors (Lipinski definition) is 2. The predicted molar refractivity (Wildman–Crippen MR) is 68.5 cm³/mol. The molecule has 2 amide bonds. The lowest BCUT2D eigenvalue weighted by Crippen LogP contribution is -2.42. The van der Waals surface area contributed by atoms with Crippen molar-refractivity contribution in [1.82, 2.24) is 4.90 Å². The molecule has 4 nitrogen and oxygen atoms in total. The highest BCUT2D eigenvalue weighted by Crippen LogP contribution is 2.36. The maximum Gasteiger partial charge on any atom is 0.238 e. The van der Waals surface area contributed by atoms with Crippen LogP contribution in [0.4, 0.5) is 0 Å². The van der Waals surface area contributed by atoms with E-state index in [-0.39, 0.29) is 11.9 Å². The van der Waals surface area contributed by atoms with Crippen LogP contribution in [0, 0.1) is 5.41 Å². The van der Waals surface area contributed by atoms with Gasteiger partial charge in [0.25, 0.3) is 0 Å². The normalized spacial score (nSPS) is 25.2. The molecule has 1 unspecified atom stereocenters. The summed E-state index contributed by atoms with van der Waals surface area (Å²) in [5.41, 5.74) is 5.37. The van der Waals surface area contributed by atoms with Gasteiger partial charge in [-0.2, -0.15) is 0 Å². The molecule has 1 heterocycles. The Morgan fingerprint density at radius 1 is 1.39 bits per heavy atom. The van der Waals surface area contributed by atoms with Crippen molar-refractivity contribution in [2.75, 3.05) is 6.54 Å². The summed E-state index contributed by atoms with van der Waals surface area (Å²) in [7, 11) is 0. The number of carbonyl (C=O) groups excluding carboxylic acids is 2.